The number of halogens is 1. The van der Waals surface area contributed by atoms with E-state index in [2.05, 4.69) is 35.2 Å². The minimum Gasteiger partial charge on any atom is -0.379 e. The SMILES string of the molecule is Fc1ccc(-c2nnc(SCc3nnnn3-c3ccccc3)n2CCN2CCOCC2)cc1. The predicted octanol–water partition coefficient (Wildman–Crippen LogP) is 2.68. The second kappa shape index (κ2) is 10.2. The van der Waals surface area contributed by atoms with E-state index in [1.165, 1.54) is 23.9 Å². The fourth-order valence-electron chi connectivity index (χ4n) is 3.67. The van der Waals surface area contributed by atoms with Crippen molar-refractivity contribution in [3.63, 3.8) is 0 Å². The highest BCUT2D eigenvalue weighted by Gasteiger charge is 2.18. The van der Waals surface area contributed by atoms with Crippen LogP contribution in [0.15, 0.2) is 59.8 Å². The number of aromatic nitrogens is 7. The number of benzene rings is 2. The molecule has 0 saturated carbocycles. The molecule has 0 aliphatic carbocycles. The van der Waals surface area contributed by atoms with Crippen LogP contribution < -0.4 is 0 Å². The molecule has 0 N–H and O–H groups in total. The van der Waals surface area contributed by atoms with E-state index in [4.69, 9.17) is 4.74 Å². The highest BCUT2D eigenvalue weighted by molar-refractivity contribution is 7.98. The summed E-state index contributed by atoms with van der Waals surface area (Å²) in [6.07, 6.45) is 0. The highest BCUT2D eigenvalue weighted by Crippen LogP contribution is 2.26. The average Bonchev–Trinajstić information content (AvgIpc) is 3.50. The Morgan fingerprint density at radius 3 is 2.48 bits per heavy atom. The topological polar surface area (TPSA) is 86.8 Å². The van der Waals surface area contributed by atoms with Gasteiger partial charge in [0.1, 0.15) is 5.82 Å². The lowest BCUT2D eigenvalue weighted by Gasteiger charge is -2.27. The minimum absolute atomic E-state index is 0.277. The Balaban J connectivity index is 1.37. The molecule has 5 rings (SSSR count). The summed E-state index contributed by atoms with van der Waals surface area (Å²) in [6, 6.07) is 16.1. The number of para-hydroxylation sites is 1. The van der Waals surface area contributed by atoms with Crippen LogP contribution in [0.25, 0.3) is 17.1 Å². The number of ether oxygens (including phenoxy) is 1. The van der Waals surface area contributed by atoms with Crippen LogP contribution in [0.2, 0.25) is 0 Å². The van der Waals surface area contributed by atoms with Gasteiger partial charge in [-0.05, 0) is 46.8 Å². The molecule has 170 valence electrons. The van der Waals surface area contributed by atoms with Gasteiger partial charge in [0.05, 0.1) is 24.7 Å². The van der Waals surface area contributed by atoms with Crippen LogP contribution in [0.3, 0.4) is 0 Å². The fourth-order valence-corrected chi connectivity index (χ4v) is 4.54. The second-order valence-corrected chi connectivity index (χ2v) is 8.49. The molecule has 1 aliphatic heterocycles. The number of morpholine rings is 1. The van der Waals surface area contributed by atoms with Crippen LogP contribution in [0.5, 0.6) is 0 Å². The molecule has 1 fully saturated rings. The van der Waals surface area contributed by atoms with E-state index >= 15 is 0 Å². The summed E-state index contributed by atoms with van der Waals surface area (Å²) in [6.45, 7) is 4.87. The van der Waals surface area contributed by atoms with Crippen LogP contribution in [-0.2, 0) is 17.0 Å². The lowest BCUT2D eigenvalue weighted by molar-refractivity contribution is 0.0361. The summed E-state index contributed by atoms with van der Waals surface area (Å²) in [5.41, 5.74) is 1.73. The fraction of sp³-hybridized carbons (Fsp3) is 0.318. The van der Waals surface area contributed by atoms with Gasteiger partial charge in [-0.25, -0.2) is 4.39 Å². The van der Waals surface area contributed by atoms with Gasteiger partial charge in [0.25, 0.3) is 0 Å². The number of rotatable bonds is 8. The molecule has 3 heterocycles. The van der Waals surface area contributed by atoms with Crippen molar-refractivity contribution in [2.75, 3.05) is 32.8 Å². The monoisotopic (exact) mass is 466 g/mol. The van der Waals surface area contributed by atoms with Crippen LogP contribution in [0, 0.1) is 5.82 Å². The Morgan fingerprint density at radius 1 is 0.909 bits per heavy atom. The van der Waals surface area contributed by atoms with E-state index < -0.39 is 0 Å². The zero-order chi connectivity index (χ0) is 22.5. The molecule has 0 unspecified atom stereocenters. The summed E-state index contributed by atoms with van der Waals surface area (Å²) in [7, 11) is 0. The lowest BCUT2D eigenvalue weighted by Crippen LogP contribution is -2.38. The Hall–Kier alpha value is -3.15. The van der Waals surface area contributed by atoms with Crippen LogP contribution in [-0.4, -0.2) is 72.7 Å². The molecule has 0 amide bonds. The predicted molar refractivity (Wildman–Crippen MR) is 121 cm³/mol. The molecule has 0 atom stereocenters. The molecule has 1 aliphatic rings. The molecule has 2 aromatic carbocycles. The summed E-state index contributed by atoms with van der Waals surface area (Å²) in [5.74, 6) is 1.69. The quantitative estimate of drug-likeness (QED) is 0.367. The van der Waals surface area contributed by atoms with Gasteiger partial charge in [0.2, 0.25) is 0 Å². The van der Waals surface area contributed by atoms with Gasteiger partial charge in [0, 0.05) is 31.7 Å². The van der Waals surface area contributed by atoms with Gasteiger partial charge in [0.15, 0.2) is 16.8 Å². The lowest BCUT2D eigenvalue weighted by atomic mass is 10.2. The molecule has 11 heteroatoms. The van der Waals surface area contributed by atoms with Crippen molar-refractivity contribution in [1.82, 2.24) is 39.9 Å². The maximum atomic E-state index is 13.5. The number of hydrogen-bond acceptors (Lipinski definition) is 8. The van der Waals surface area contributed by atoms with Crippen LogP contribution in [0.4, 0.5) is 4.39 Å². The summed E-state index contributed by atoms with van der Waals surface area (Å²) >= 11 is 1.53. The Kier molecular flexibility index (Phi) is 6.70. The normalized spacial score (nSPS) is 14.6. The van der Waals surface area contributed by atoms with Gasteiger partial charge in [-0.15, -0.1) is 15.3 Å². The number of hydrogen-bond donors (Lipinski definition) is 0. The highest BCUT2D eigenvalue weighted by atomic mass is 32.2. The Labute approximate surface area is 194 Å². The largest absolute Gasteiger partial charge is 0.379 e. The van der Waals surface area contributed by atoms with Crippen molar-refractivity contribution in [3.05, 3.63) is 66.2 Å². The summed E-state index contributed by atoms with van der Waals surface area (Å²) < 4.78 is 22.7. The molecule has 4 aromatic rings. The first-order valence-corrected chi connectivity index (χ1v) is 11.7. The third kappa shape index (κ3) is 5.10. The third-order valence-electron chi connectivity index (χ3n) is 5.43. The Bertz CT molecular complexity index is 1170. The molecule has 33 heavy (non-hydrogen) atoms. The zero-order valence-electron chi connectivity index (χ0n) is 17.9. The van der Waals surface area contributed by atoms with Crippen LogP contribution >= 0.6 is 11.8 Å². The van der Waals surface area contributed by atoms with Crippen LogP contribution in [0.1, 0.15) is 5.82 Å². The second-order valence-electron chi connectivity index (χ2n) is 7.55. The smallest absolute Gasteiger partial charge is 0.191 e. The maximum Gasteiger partial charge on any atom is 0.191 e. The van der Waals surface area contributed by atoms with Crippen molar-refractivity contribution in [1.29, 1.82) is 0 Å². The van der Waals surface area contributed by atoms with Gasteiger partial charge in [-0.3, -0.25) is 4.90 Å². The molecular weight excluding hydrogens is 443 g/mol. The summed E-state index contributed by atoms with van der Waals surface area (Å²) in [5, 5.41) is 21.8. The van der Waals surface area contributed by atoms with Crippen molar-refractivity contribution < 1.29 is 9.13 Å². The van der Waals surface area contributed by atoms with Gasteiger partial charge >= 0.3 is 0 Å². The molecule has 0 bridgehead atoms. The molecule has 1 saturated heterocycles. The van der Waals surface area contributed by atoms with E-state index in [-0.39, 0.29) is 5.82 Å². The first kappa shape index (κ1) is 21.7. The molecular formula is C22H23FN8OS. The van der Waals surface area contributed by atoms with E-state index in [1.807, 2.05) is 30.3 Å². The zero-order valence-corrected chi connectivity index (χ0v) is 18.7. The molecule has 9 nitrogen and oxygen atoms in total. The maximum absolute atomic E-state index is 13.5. The number of nitrogens with zero attached hydrogens (tertiary/aromatic N) is 8. The van der Waals surface area contributed by atoms with E-state index in [0.29, 0.717) is 18.1 Å². The van der Waals surface area contributed by atoms with Crippen molar-refractivity contribution in [3.8, 4) is 17.1 Å². The van der Waals surface area contributed by atoms with Crippen molar-refractivity contribution >= 4 is 11.8 Å². The average molecular weight is 467 g/mol. The van der Waals surface area contributed by atoms with Crippen molar-refractivity contribution in [2.45, 2.75) is 17.5 Å². The standard InChI is InChI=1S/C22H23FN8OS/c23-18-8-6-17(7-9-18)21-25-26-22(30(21)11-10-29-12-14-32-15-13-29)33-16-20-24-27-28-31(20)19-4-2-1-3-5-19/h1-9H,10-16H2. The van der Waals surface area contributed by atoms with Gasteiger partial charge in [-0.1, -0.05) is 30.0 Å². The summed E-state index contributed by atoms with van der Waals surface area (Å²) in [4.78, 5) is 2.36. The molecule has 2 aromatic heterocycles. The van der Waals surface area contributed by atoms with E-state index in [9.17, 15) is 4.39 Å². The minimum atomic E-state index is -0.277. The third-order valence-corrected chi connectivity index (χ3v) is 6.39. The van der Waals surface area contributed by atoms with Gasteiger partial charge in [-0.2, -0.15) is 4.68 Å². The first-order valence-electron chi connectivity index (χ1n) is 10.7. The molecule has 0 radical (unpaired) electrons. The first-order chi connectivity index (χ1) is 16.3. The molecule has 0 spiro atoms. The number of tetrazole rings is 1. The van der Waals surface area contributed by atoms with E-state index in [0.717, 1.165) is 55.1 Å². The Morgan fingerprint density at radius 2 is 1.70 bits per heavy atom. The number of thioether (sulfide) groups is 1. The van der Waals surface area contributed by atoms with Crippen molar-refractivity contribution in [2.24, 2.45) is 0 Å². The van der Waals surface area contributed by atoms with Gasteiger partial charge < -0.3 is 9.30 Å². The van der Waals surface area contributed by atoms with E-state index in [1.54, 1.807) is 16.8 Å².